The van der Waals surface area contributed by atoms with Crippen LogP contribution >= 0.6 is 11.6 Å². The van der Waals surface area contributed by atoms with E-state index in [1.807, 2.05) is 44.2 Å². The molecule has 0 aliphatic carbocycles. The van der Waals surface area contributed by atoms with Gasteiger partial charge in [-0.1, -0.05) is 17.7 Å². The van der Waals surface area contributed by atoms with E-state index >= 15 is 0 Å². The van der Waals surface area contributed by atoms with Crippen LogP contribution in [0.5, 0.6) is 11.5 Å². The summed E-state index contributed by atoms with van der Waals surface area (Å²) in [5, 5.41) is 3.92. The van der Waals surface area contributed by atoms with Crippen molar-refractivity contribution in [1.82, 2.24) is 10.3 Å². The van der Waals surface area contributed by atoms with Gasteiger partial charge in [0.05, 0.1) is 23.9 Å². The second-order valence-electron chi connectivity index (χ2n) is 4.70. The lowest BCUT2D eigenvalue weighted by molar-refractivity contribution is -0.00000550. The molecule has 126 valence electrons. The van der Waals surface area contributed by atoms with Gasteiger partial charge < -0.3 is 27.2 Å². The molecule has 0 aliphatic heterocycles. The molecule has 0 fully saturated rings. The molecule has 1 heterocycles. The third kappa shape index (κ3) is 5.90. The van der Waals surface area contributed by atoms with Crippen LogP contribution in [0.1, 0.15) is 25.1 Å². The third-order valence-corrected chi connectivity index (χ3v) is 3.30. The molecule has 0 saturated heterocycles. The Morgan fingerprint density at radius 2 is 1.87 bits per heavy atom. The molecule has 2 rings (SSSR count). The van der Waals surface area contributed by atoms with E-state index in [1.165, 1.54) is 0 Å². The van der Waals surface area contributed by atoms with Gasteiger partial charge in [-0.25, -0.2) is 0 Å². The summed E-state index contributed by atoms with van der Waals surface area (Å²) in [6, 6.07) is 9.74. The largest absolute Gasteiger partial charge is 1.00 e. The highest BCUT2D eigenvalue weighted by atomic mass is 35.5. The fraction of sp³-hybridized carbons (Fsp3) is 0.353. The smallest absolute Gasteiger partial charge is 0.179 e. The van der Waals surface area contributed by atoms with Crippen molar-refractivity contribution in [2.24, 2.45) is 0 Å². The molecule has 2 aromatic rings. The summed E-state index contributed by atoms with van der Waals surface area (Å²) < 4.78 is 11.2. The van der Waals surface area contributed by atoms with E-state index in [4.69, 9.17) is 21.1 Å². The van der Waals surface area contributed by atoms with Crippen LogP contribution in [0.2, 0.25) is 5.02 Å². The van der Waals surface area contributed by atoms with Gasteiger partial charge in [0.2, 0.25) is 0 Å². The minimum atomic E-state index is 0. The van der Waals surface area contributed by atoms with Crippen LogP contribution in [0, 0.1) is 0 Å². The molecule has 1 aromatic carbocycles. The molecule has 0 radical (unpaired) electrons. The number of benzene rings is 1. The van der Waals surface area contributed by atoms with Gasteiger partial charge in [0.1, 0.15) is 0 Å². The maximum Gasteiger partial charge on any atom is 0.179 e. The molecular formula is C17H21Cl2N2O2-. The van der Waals surface area contributed by atoms with E-state index in [9.17, 15) is 0 Å². The minimum Gasteiger partial charge on any atom is -1.00 e. The van der Waals surface area contributed by atoms with Crippen LogP contribution in [0.3, 0.4) is 0 Å². The van der Waals surface area contributed by atoms with Gasteiger partial charge in [0.25, 0.3) is 0 Å². The lowest BCUT2D eigenvalue weighted by Crippen LogP contribution is -3.00. The van der Waals surface area contributed by atoms with E-state index in [0.29, 0.717) is 42.8 Å². The molecule has 1 N–H and O–H groups in total. The summed E-state index contributed by atoms with van der Waals surface area (Å²) in [6.07, 6.45) is 1.79. The Bertz CT molecular complexity index is 595. The van der Waals surface area contributed by atoms with Gasteiger partial charge in [-0.15, -0.1) is 0 Å². The van der Waals surface area contributed by atoms with Gasteiger partial charge in [0, 0.05) is 19.3 Å². The molecular weight excluding hydrogens is 335 g/mol. The molecule has 23 heavy (non-hydrogen) atoms. The maximum absolute atomic E-state index is 6.30. The Hall–Kier alpha value is -1.49. The van der Waals surface area contributed by atoms with Crippen LogP contribution in [-0.2, 0) is 13.1 Å². The number of aromatic nitrogens is 1. The second kappa shape index (κ2) is 10.3. The molecule has 4 nitrogen and oxygen atoms in total. The zero-order valence-electron chi connectivity index (χ0n) is 13.3. The molecule has 0 bridgehead atoms. The number of pyridine rings is 1. The third-order valence-electron chi connectivity index (χ3n) is 3.02. The van der Waals surface area contributed by atoms with Crippen LogP contribution < -0.4 is 27.2 Å². The van der Waals surface area contributed by atoms with Crippen molar-refractivity contribution < 1.29 is 21.9 Å². The summed E-state index contributed by atoms with van der Waals surface area (Å²) in [7, 11) is 0. The molecule has 6 heteroatoms. The van der Waals surface area contributed by atoms with Crippen LogP contribution in [-0.4, -0.2) is 18.2 Å². The quantitative estimate of drug-likeness (QED) is 0.761. The standard InChI is InChI=1S/C17H21ClN2O2.ClH/c1-3-21-16-10-13(9-15(18)17(16)22-4-2)11-19-12-14-7-5-6-8-20-14;/h5-10,19H,3-4,11-12H2,1-2H3;1H/p-1. The van der Waals surface area contributed by atoms with Gasteiger partial charge in [-0.2, -0.15) is 0 Å². The summed E-state index contributed by atoms with van der Waals surface area (Å²) in [5.74, 6) is 1.30. The molecule has 0 unspecified atom stereocenters. The molecule has 0 amide bonds. The van der Waals surface area contributed by atoms with E-state index < -0.39 is 0 Å². The highest BCUT2D eigenvalue weighted by molar-refractivity contribution is 6.32. The first-order chi connectivity index (χ1) is 10.7. The van der Waals surface area contributed by atoms with Crippen molar-refractivity contribution in [2.75, 3.05) is 13.2 Å². The number of rotatable bonds is 8. The summed E-state index contributed by atoms with van der Waals surface area (Å²) >= 11 is 6.30. The van der Waals surface area contributed by atoms with E-state index in [0.717, 1.165) is 11.3 Å². The van der Waals surface area contributed by atoms with E-state index in [-0.39, 0.29) is 12.4 Å². The van der Waals surface area contributed by atoms with Crippen molar-refractivity contribution in [2.45, 2.75) is 26.9 Å². The van der Waals surface area contributed by atoms with Crippen LogP contribution in [0.15, 0.2) is 36.5 Å². The van der Waals surface area contributed by atoms with Crippen molar-refractivity contribution >= 4 is 11.6 Å². The highest BCUT2D eigenvalue weighted by Gasteiger charge is 2.12. The van der Waals surface area contributed by atoms with Crippen LogP contribution in [0.25, 0.3) is 0 Å². The number of halogens is 2. The van der Waals surface area contributed by atoms with E-state index in [1.54, 1.807) is 6.20 Å². The second-order valence-corrected chi connectivity index (χ2v) is 5.10. The van der Waals surface area contributed by atoms with Gasteiger partial charge in [-0.05, 0) is 43.7 Å². The summed E-state index contributed by atoms with van der Waals surface area (Å²) in [6.45, 7) is 6.38. The molecule has 0 atom stereocenters. The average Bonchev–Trinajstić information content (AvgIpc) is 2.52. The zero-order valence-corrected chi connectivity index (χ0v) is 14.8. The fourth-order valence-corrected chi connectivity index (χ4v) is 2.40. The van der Waals surface area contributed by atoms with Crippen LogP contribution in [0.4, 0.5) is 0 Å². The van der Waals surface area contributed by atoms with Gasteiger partial charge >= 0.3 is 0 Å². The number of nitrogens with zero attached hydrogens (tertiary/aromatic N) is 1. The first-order valence-corrected chi connectivity index (χ1v) is 7.81. The lowest BCUT2D eigenvalue weighted by atomic mass is 10.2. The number of nitrogens with one attached hydrogen (secondary N) is 1. The highest BCUT2D eigenvalue weighted by Crippen LogP contribution is 2.36. The van der Waals surface area contributed by atoms with Crippen molar-refractivity contribution in [1.29, 1.82) is 0 Å². The Morgan fingerprint density at radius 3 is 2.52 bits per heavy atom. The Kier molecular flexibility index (Phi) is 8.77. The number of ether oxygens (including phenoxy) is 2. The predicted molar refractivity (Wildman–Crippen MR) is 88.6 cm³/mol. The average molecular weight is 356 g/mol. The first-order valence-electron chi connectivity index (χ1n) is 7.43. The zero-order chi connectivity index (χ0) is 15.8. The van der Waals surface area contributed by atoms with E-state index in [2.05, 4.69) is 10.3 Å². The lowest BCUT2D eigenvalue weighted by Gasteiger charge is -2.14. The fourth-order valence-electron chi connectivity index (χ4n) is 2.11. The Morgan fingerprint density at radius 1 is 1.09 bits per heavy atom. The van der Waals surface area contributed by atoms with Crippen molar-refractivity contribution in [3.8, 4) is 11.5 Å². The Balaban J connectivity index is 0.00000264. The summed E-state index contributed by atoms with van der Waals surface area (Å²) in [5.41, 5.74) is 2.05. The topological polar surface area (TPSA) is 43.4 Å². The first kappa shape index (κ1) is 19.6. The predicted octanol–water partition coefficient (Wildman–Crippen LogP) is 0.826. The number of hydrogen-bond acceptors (Lipinski definition) is 4. The minimum absolute atomic E-state index is 0. The molecule has 1 aromatic heterocycles. The molecule has 0 spiro atoms. The van der Waals surface area contributed by atoms with Gasteiger partial charge in [0.15, 0.2) is 11.5 Å². The summed E-state index contributed by atoms with van der Waals surface area (Å²) in [4.78, 5) is 4.28. The molecule has 0 aliphatic rings. The number of hydrogen-bond donors (Lipinski definition) is 1. The molecule has 0 saturated carbocycles. The SMILES string of the molecule is CCOc1cc(CNCc2ccccn2)cc(Cl)c1OCC.[Cl-]. The Labute approximate surface area is 148 Å². The monoisotopic (exact) mass is 355 g/mol. The maximum atomic E-state index is 6.30. The van der Waals surface area contributed by atoms with Crippen molar-refractivity contribution in [3.05, 3.63) is 52.8 Å². The van der Waals surface area contributed by atoms with Crippen molar-refractivity contribution in [3.63, 3.8) is 0 Å². The van der Waals surface area contributed by atoms with Gasteiger partial charge in [-0.3, -0.25) is 4.98 Å². The normalized spacial score (nSPS) is 10.0.